The Morgan fingerprint density at radius 2 is 1.95 bits per heavy atom. The van der Waals surface area contributed by atoms with Gasteiger partial charge in [0.2, 0.25) is 0 Å². The Labute approximate surface area is 137 Å². The lowest BCUT2D eigenvalue weighted by atomic mass is 10.2. The van der Waals surface area contributed by atoms with Crippen LogP contribution in [0.15, 0.2) is 43.0 Å². The molecule has 3 aromatic heterocycles. The zero-order valence-electron chi connectivity index (χ0n) is 11.1. The summed E-state index contributed by atoms with van der Waals surface area (Å²) in [6.45, 7) is 0.369. The van der Waals surface area contributed by atoms with Crippen LogP contribution in [0.1, 0.15) is 11.1 Å². The summed E-state index contributed by atoms with van der Waals surface area (Å²) < 4.78 is 40.5. The van der Waals surface area contributed by atoms with Crippen molar-refractivity contribution < 1.29 is 13.2 Å². The molecule has 0 bridgehead atoms. The molecule has 0 amide bonds. The van der Waals surface area contributed by atoms with E-state index in [9.17, 15) is 13.2 Å². The smallest absolute Gasteiger partial charge is 0.365 e. The molecule has 1 N–H and O–H groups in total. The fourth-order valence-electron chi connectivity index (χ4n) is 2.03. The minimum Gasteiger partial charge on any atom is -0.365 e. The van der Waals surface area contributed by atoms with E-state index in [1.165, 1.54) is 0 Å². The van der Waals surface area contributed by atoms with Gasteiger partial charge in [0, 0.05) is 31.3 Å². The highest BCUT2D eigenvalue weighted by atomic mass is 127. The van der Waals surface area contributed by atoms with Crippen LogP contribution in [-0.4, -0.2) is 14.4 Å². The van der Waals surface area contributed by atoms with Crippen LogP contribution in [0.5, 0.6) is 0 Å². The van der Waals surface area contributed by atoms with Crippen LogP contribution in [0.2, 0.25) is 0 Å². The van der Waals surface area contributed by atoms with E-state index in [0.29, 0.717) is 6.54 Å². The van der Waals surface area contributed by atoms with Gasteiger partial charge in [0.25, 0.3) is 0 Å². The summed E-state index contributed by atoms with van der Waals surface area (Å²) in [7, 11) is 0. The Balaban J connectivity index is 1.81. The molecule has 0 unspecified atom stereocenters. The molecule has 0 aliphatic carbocycles. The Morgan fingerprint density at radius 3 is 2.73 bits per heavy atom. The van der Waals surface area contributed by atoms with E-state index < -0.39 is 11.7 Å². The normalized spacial score (nSPS) is 11.8. The second-order valence-electron chi connectivity index (χ2n) is 4.60. The van der Waals surface area contributed by atoms with Crippen LogP contribution in [0.4, 0.5) is 19.0 Å². The number of fused-ring (bicyclic) bond motifs is 1. The summed E-state index contributed by atoms with van der Waals surface area (Å²) in [5.74, 6) is 0.221. The van der Waals surface area contributed by atoms with Gasteiger partial charge in [-0.15, -0.1) is 0 Å². The summed E-state index contributed by atoms with van der Waals surface area (Å²) >= 11 is 1.66. The molecule has 114 valence electrons. The molecule has 22 heavy (non-hydrogen) atoms. The van der Waals surface area contributed by atoms with E-state index >= 15 is 0 Å². The number of imidazole rings is 1. The molecule has 8 heteroatoms. The zero-order chi connectivity index (χ0) is 15.7. The van der Waals surface area contributed by atoms with Crippen molar-refractivity contribution in [3.8, 4) is 0 Å². The van der Waals surface area contributed by atoms with Gasteiger partial charge in [-0.3, -0.25) is 0 Å². The number of alkyl halides is 3. The molecule has 0 saturated carbocycles. The maximum Gasteiger partial charge on any atom is 0.417 e. The first-order valence-corrected chi connectivity index (χ1v) is 7.40. The van der Waals surface area contributed by atoms with Crippen molar-refractivity contribution in [1.29, 1.82) is 0 Å². The standard InChI is InChI=1S/C14H10F3IN4/c15-14(16,17)10-1-3-20-13(12(10)18)21-8-9-2-5-22-6-4-19-11(22)7-9/h1-7H,8H2,(H,20,21). The van der Waals surface area contributed by atoms with Crippen molar-refractivity contribution in [1.82, 2.24) is 14.4 Å². The molecule has 3 heterocycles. The molecular weight excluding hydrogens is 408 g/mol. The molecule has 3 rings (SSSR count). The van der Waals surface area contributed by atoms with E-state index in [2.05, 4.69) is 15.3 Å². The van der Waals surface area contributed by atoms with Crippen molar-refractivity contribution in [2.75, 3.05) is 5.32 Å². The molecule has 4 nitrogen and oxygen atoms in total. The van der Waals surface area contributed by atoms with Crippen LogP contribution in [0, 0.1) is 3.57 Å². The number of pyridine rings is 2. The van der Waals surface area contributed by atoms with Crippen LogP contribution in [-0.2, 0) is 12.7 Å². The largest absolute Gasteiger partial charge is 0.417 e. The maximum atomic E-state index is 12.9. The van der Waals surface area contributed by atoms with Crippen LogP contribution >= 0.6 is 22.6 Å². The number of nitrogens with one attached hydrogen (secondary N) is 1. The number of nitrogens with zero attached hydrogens (tertiary/aromatic N) is 3. The number of hydrogen-bond acceptors (Lipinski definition) is 3. The highest BCUT2D eigenvalue weighted by Crippen LogP contribution is 2.34. The minimum absolute atomic E-state index is 0.0643. The summed E-state index contributed by atoms with van der Waals surface area (Å²) in [5.41, 5.74) is 1.01. The monoisotopic (exact) mass is 418 g/mol. The average molecular weight is 418 g/mol. The zero-order valence-corrected chi connectivity index (χ0v) is 13.3. The predicted molar refractivity (Wildman–Crippen MR) is 84.5 cm³/mol. The van der Waals surface area contributed by atoms with Gasteiger partial charge in [0.1, 0.15) is 11.5 Å². The summed E-state index contributed by atoms with van der Waals surface area (Å²) in [6, 6.07) is 4.72. The molecule has 0 fully saturated rings. The Bertz CT molecular complexity index is 813. The van der Waals surface area contributed by atoms with E-state index in [1.54, 1.807) is 28.8 Å². The first-order valence-electron chi connectivity index (χ1n) is 6.32. The van der Waals surface area contributed by atoms with Crippen molar-refractivity contribution in [2.24, 2.45) is 0 Å². The van der Waals surface area contributed by atoms with Gasteiger partial charge in [0.05, 0.1) is 9.13 Å². The lowest BCUT2D eigenvalue weighted by Crippen LogP contribution is -2.11. The lowest BCUT2D eigenvalue weighted by molar-refractivity contribution is -0.138. The van der Waals surface area contributed by atoms with E-state index in [1.807, 2.05) is 28.9 Å². The Morgan fingerprint density at radius 1 is 1.14 bits per heavy atom. The topological polar surface area (TPSA) is 42.2 Å². The molecule has 0 spiro atoms. The molecule has 0 aliphatic rings. The lowest BCUT2D eigenvalue weighted by Gasteiger charge is -2.13. The van der Waals surface area contributed by atoms with Gasteiger partial charge in [-0.25, -0.2) is 9.97 Å². The third kappa shape index (κ3) is 3.01. The fourth-order valence-corrected chi connectivity index (χ4v) is 2.85. The Hall–Kier alpha value is -1.84. The third-order valence-electron chi connectivity index (χ3n) is 3.12. The molecule has 3 aromatic rings. The van der Waals surface area contributed by atoms with Crippen molar-refractivity contribution >= 4 is 34.1 Å². The molecule has 0 aliphatic heterocycles. The van der Waals surface area contributed by atoms with Crippen molar-refractivity contribution in [2.45, 2.75) is 12.7 Å². The number of rotatable bonds is 3. The van der Waals surface area contributed by atoms with E-state index in [-0.39, 0.29) is 9.39 Å². The van der Waals surface area contributed by atoms with E-state index in [4.69, 9.17) is 0 Å². The van der Waals surface area contributed by atoms with Gasteiger partial charge < -0.3 is 9.72 Å². The predicted octanol–water partition coefficient (Wildman–Crippen LogP) is 3.96. The minimum atomic E-state index is -4.38. The summed E-state index contributed by atoms with van der Waals surface area (Å²) in [4.78, 5) is 8.15. The third-order valence-corrected chi connectivity index (χ3v) is 4.21. The number of hydrogen-bond donors (Lipinski definition) is 1. The SMILES string of the molecule is FC(F)(F)c1ccnc(NCc2ccn3ccnc3c2)c1I. The second kappa shape index (κ2) is 5.75. The van der Waals surface area contributed by atoms with E-state index in [0.717, 1.165) is 23.5 Å². The van der Waals surface area contributed by atoms with Crippen LogP contribution in [0.3, 0.4) is 0 Å². The second-order valence-corrected chi connectivity index (χ2v) is 5.68. The van der Waals surface area contributed by atoms with Crippen molar-refractivity contribution in [3.05, 3.63) is 57.7 Å². The molecular formula is C14H10F3IN4. The fraction of sp³-hybridized carbons (Fsp3) is 0.143. The first kappa shape index (κ1) is 15.1. The molecule has 0 radical (unpaired) electrons. The summed E-state index contributed by atoms with van der Waals surface area (Å²) in [5, 5.41) is 2.94. The van der Waals surface area contributed by atoms with Gasteiger partial charge >= 0.3 is 6.18 Å². The quantitative estimate of drug-likeness (QED) is 0.655. The van der Waals surface area contributed by atoms with Gasteiger partial charge in [0.15, 0.2) is 0 Å². The summed E-state index contributed by atoms with van der Waals surface area (Å²) in [6.07, 6.45) is 2.13. The average Bonchev–Trinajstić information content (AvgIpc) is 2.92. The van der Waals surface area contributed by atoms with Crippen LogP contribution in [0.25, 0.3) is 5.65 Å². The van der Waals surface area contributed by atoms with Gasteiger partial charge in [-0.05, 0) is 46.4 Å². The highest BCUT2D eigenvalue weighted by molar-refractivity contribution is 14.1. The van der Waals surface area contributed by atoms with Gasteiger partial charge in [-0.2, -0.15) is 13.2 Å². The van der Waals surface area contributed by atoms with Crippen LogP contribution < -0.4 is 5.32 Å². The Kier molecular flexibility index (Phi) is 3.94. The molecule has 0 saturated heterocycles. The van der Waals surface area contributed by atoms with Crippen molar-refractivity contribution in [3.63, 3.8) is 0 Å². The number of halogens is 4. The maximum absolute atomic E-state index is 12.9. The number of aromatic nitrogens is 3. The van der Waals surface area contributed by atoms with Gasteiger partial charge in [-0.1, -0.05) is 0 Å². The molecule has 0 aromatic carbocycles. The highest BCUT2D eigenvalue weighted by Gasteiger charge is 2.34. The number of anilines is 1. The first-order chi connectivity index (χ1) is 10.4. The molecule has 0 atom stereocenters.